The fourth-order valence-corrected chi connectivity index (χ4v) is 2.26. The van der Waals surface area contributed by atoms with Crippen molar-refractivity contribution < 1.29 is 15.0 Å². The van der Waals surface area contributed by atoms with E-state index in [2.05, 4.69) is 6.92 Å². The van der Waals surface area contributed by atoms with Crippen LogP contribution >= 0.6 is 0 Å². The summed E-state index contributed by atoms with van der Waals surface area (Å²) in [7, 11) is 0. The number of allylic oxidation sites excluding steroid dienone is 3. The molecular weight excluding hydrogens is 264 g/mol. The summed E-state index contributed by atoms with van der Waals surface area (Å²) in [6, 6.07) is 0. The minimum atomic E-state index is -0.906. The van der Waals surface area contributed by atoms with Crippen molar-refractivity contribution >= 4 is 5.97 Å². The maximum Gasteiger partial charge on any atom is 0.328 e. The van der Waals surface area contributed by atoms with Gasteiger partial charge in [0.25, 0.3) is 0 Å². The van der Waals surface area contributed by atoms with Crippen molar-refractivity contribution in [2.45, 2.75) is 83.7 Å². The van der Waals surface area contributed by atoms with Gasteiger partial charge in [-0.2, -0.15) is 0 Å². The summed E-state index contributed by atoms with van der Waals surface area (Å²) in [5.41, 5.74) is 0. The highest BCUT2D eigenvalue weighted by molar-refractivity contribution is 5.80. The van der Waals surface area contributed by atoms with Crippen LogP contribution in [-0.4, -0.2) is 22.3 Å². The van der Waals surface area contributed by atoms with Crippen molar-refractivity contribution in [3.05, 3.63) is 24.3 Å². The van der Waals surface area contributed by atoms with Gasteiger partial charge >= 0.3 is 5.97 Å². The minimum absolute atomic E-state index is 0.0968. The largest absolute Gasteiger partial charge is 0.478 e. The maximum atomic E-state index is 10.2. The van der Waals surface area contributed by atoms with E-state index in [9.17, 15) is 9.90 Å². The van der Waals surface area contributed by atoms with Crippen molar-refractivity contribution in [3.63, 3.8) is 0 Å². The number of carboxylic acid groups (broad SMARTS) is 1. The predicted molar refractivity (Wildman–Crippen MR) is 88.4 cm³/mol. The lowest BCUT2D eigenvalue weighted by atomic mass is 10.0. The predicted octanol–water partition coefficient (Wildman–Crippen LogP) is 4.86. The molecule has 0 bridgehead atoms. The molecule has 0 aromatic carbocycles. The molecule has 0 fully saturated rings. The van der Waals surface area contributed by atoms with Crippen molar-refractivity contribution in [2.75, 3.05) is 0 Å². The number of aliphatic hydroxyl groups excluding tert-OH is 1. The van der Waals surface area contributed by atoms with Crippen LogP contribution in [0.3, 0.4) is 0 Å². The zero-order valence-corrected chi connectivity index (χ0v) is 13.5. The van der Waals surface area contributed by atoms with E-state index in [1.807, 2.05) is 6.08 Å². The normalized spacial score (nSPS) is 13.2. The lowest BCUT2D eigenvalue weighted by Gasteiger charge is -2.09. The summed E-state index contributed by atoms with van der Waals surface area (Å²) in [4.78, 5) is 10.2. The lowest BCUT2D eigenvalue weighted by Crippen LogP contribution is -2.05. The molecule has 0 spiro atoms. The molecule has 21 heavy (non-hydrogen) atoms. The maximum absolute atomic E-state index is 10.2. The molecule has 0 saturated heterocycles. The molecule has 0 heterocycles. The summed E-state index contributed by atoms with van der Waals surface area (Å²) in [5, 5.41) is 18.2. The first-order chi connectivity index (χ1) is 10.2. The van der Waals surface area contributed by atoms with E-state index in [1.165, 1.54) is 32.1 Å². The second-order valence-electron chi connectivity index (χ2n) is 5.62. The molecule has 0 rings (SSSR count). The Morgan fingerprint density at radius 3 is 2.24 bits per heavy atom. The number of rotatable bonds is 14. The van der Waals surface area contributed by atoms with E-state index in [0.717, 1.165) is 44.6 Å². The van der Waals surface area contributed by atoms with Crippen LogP contribution in [0, 0.1) is 0 Å². The van der Waals surface area contributed by atoms with E-state index >= 15 is 0 Å². The number of aliphatic hydroxyl groups is 1. The van der Waals surface area contributed by atoms with Crippen LogP contribution in [0.25, 0.3) is 0 Å². The third kappa shape index (κ3) is 16.9. The molecule has 3 nitrogen and oxygen atoms in total. The van der Waals surface area contributed by atoms with Crippen LogP contribution in [0.2, 0.25) is 0 Å². The van der Waals surface area contributed by atoms with Gasteiger partial charge in [0.2, 0.25) is 0 Å². The van der Waals surface area contributed by atoms with Crippen molar-refractivity contribution in [2.24, 2.45) is 0 Å². The molecule has 0 aliphatic heterocycles. The average molecular weight is 296 g/mol. The number of hydrogen-bond donors (Lipinski definition) is 2. The summed E-state index contributed by atoms with van der Waals surface area (Å²) < 4.78 is 0. The fraction of sp³-hybridized carbons (Fsp3) is 0.722. The molecule has 1 atom stereocenters. The molecule has 0 saturated carbocycles. The van der Waals surface area contributed by atoms with Crippen LogP contribution in [0.5, 0.6) is 0 Å². The number of hydrogen-bond acceptors (Lipinski definition) is 2. The highest BCUT2D eigenvalue weighted by Gasteiger charge is 2.02. The molecule has 0 aromatic heterocycles. The quantitative estimate of drug-likeness (QED) is 0.273. The van der Waals surface area contributed by atoms with Gasteiger partial charge in [0, 0.05) is 6.08 Å². The second kappa shape index (κ2) is 15.3. The highest BCUT2D eigenvalue weighted by Crippen LogP contribution is 2.12. The first kappa shape index (κ1) is 19.9. The van der Waals surface area contributed by atoms with E-state index in [1.54, 1.807) is 12.2 Å². The standard InChI is InChI=1S/C18H32O3/c1-2-3-11-14-17(19)15-12-9-7-5-4-6-8-10-13-16-18(20)21/h8,10,13,16-17,19H,2-7,9,11-12,14-15H2,1H3,(H,20,21)/t17-/m1/s1. The highest BCUT2D eigenvalue weighted by atomic mass is 16.4. The average Bonchev–Trinajstić information content (AvgIpc) is 2.44. The van der Waals surface area contributed by atoms with Crippen molar-refractivity contribution in [1.82, 2.24) is 0 Å². The Labute approximate surface area is 129 Å². The Hall–Kier alpha value is -1.09. The van der Waals surface area contributed by atoms with Gasteiger partial charge in [0.1, 0.15) is 0 Å². The second-order valence-corrected chi connectivity index (χ2v) is 5.62. The minimum Gasteiger partial charge on any atom is -0.478 e. The Morgan fingerprint density at radius 1 is 0.952 bits per heavy atom. The topological polar surface area (TPSA) is 57.5 Å². The monoisotopic (exact) mass is 296 g/mol. The molecule has 122 valence electrons. The van der Waals surface area contributed by atoms with Crippen LogP contribution in [0.1, 0.15) is 77.6 Å². The number of carbonyl (C=O) groups is 1. The lowest BCUT2D eigenvalue weighted by molar-refractivity contribution is -0.131. The Morgan fingerprint density at radius 2 is 1.57 bits per heavy atom. The van der Waals surface area contributed by atoms with E-state index in [-0.39, 0.29) is 6.10 Å². The molecular formula is C18H32O3. The first-order valence-electron chi connectivity index (χ1n) is 8.41. The van der Waals surface area contributed by atoms with Gasteiger partial charge in [0.05, 0.1) is 6.10 Å². The Kier molecular flexibility index (Phi) is 14.5. The number of aliphatic carboxylic acids is 1. The van der Waals surface area contributed by atoms with Gasteiger partial charge in [-0.1, -0.05) is 70.1 Å². The smallest absolute Gasteiger partial charge is 0.328 e. The summed E-state index contributed by atoms with van der Waals surface area (Å²) in [6.45, 7) is 2.18. The van der Waals surface area contributed by atoms with Crippen molar-refractivity contribution in [3.8, 4) is 0 Å². The van der Waals surface area contributed by atoms with E-state index < -0.39 is 5.97 Å². The Bertz CT molecular complexity index is 295. The molecule has 2 N–H and O–H groups in total. The zero-order valence-electron chi connectivity index (χ0n) is 13.5. The molecule has 0 amide bonds. The third-order valence-electron chi connectivity index (χ3n) is 3.54. The van der Waals surface area contributed by atoms with Crippen LogP contribution in [-0.2, 0) is 4.79 Å². The van der Waals surface area contributed by atoms with Gasteiger partial charge in [-0.15, -0.1) is 0 Å². The molecule has 0 unspecified atom stereocenters. The fourth-order valence-electron chi connectivity index (χ4n) is 2.26. The molecule has 3 heteroatoms. The zero-order chi connectivity index (χ0) is 15.8. The number of carboxylic acids is 1. The van der Waals surface area contributed by atoms with Crippen LogP contribution in [0.15, 0.2) is 24.3 Å². The van der Waals surface area contributed by atoms with Gasteiger partial charge in [-0.05, 0) is 25.7 Å². The molecule has 0 radical (unpaired) electrons. The summed E-state index contributed by atoms with van der Waals surface area (Å²) >= 11 is 0. The van der Waals surface area contributed by atoms with E-state index in [4.69, 9.17) is 5.11 Å². The van der Waals surface area contributed by atoms with Gasteiger partial charge in [-0.25, -0.2) is 4.79 Å². The van der Waals surface area contributed by atoms with Gasteiger partial charge < -0.3 is 10.2 Å². The summed E-state index contributed by atoms with van der Waals surface area (Å²) in [5.74, 6) is -0.906. The summed E-state index contributed by atoms with van der Waals surface area (Å²) in [6.07, 6.45) is 18.8. The first-order valence-corrected chi connectivity index (χ1v) is 8.41. The van der Waals surface area contributed by atoms with Gasteiger partial charge in [0.15, 0.2) is 0 Å². The molecule has 0 aliphatic carbocycles. The van der Waals surface area contributed by atoms with E-state index in [0.29, 0.717) is 0 Å². The third-order valence-corrected chi connectivity index (χ3v) is 3.54. The Balaban J connectivity index is 3.27. The van der Waals surface area contributed by atoms with Crippen LogP contribution in [0.4, 0.5) is 0 Å². The van der Waals surface area contributed by atoms with Gasteiger partial charge in [-0.3, -0.25) is 0 Å². The molecule has 0 aliphatic rings. The number of unbranched alkanes of at least 4 members (excludes halogenated alkanes) is 7. The van der Waals surface area contributed by atoms with Crippen LogP contribution < -0.4 is 0 Å². The SMILES string of the molecule is CCCCC[C@@H](O)CCCCCCCC=CC=CC(=O)O. The molecule has 0 aromatic rings. The van der Waals surface area contributed by atoms with Crippen molar-refractivity contribution in [1.29, 1.82) is 0 Å².